The number of carbonyl (C=O) groups excluding carboxylic acids is 2. The van der Waals surface area contributed by atoms with Crippen LogP contribution in [-0.4, -0.2) is 98.2 Å². The number of alkyl halides is 3. The number of hydrogen-bond acceptors (Lipinski definition) is 6. The second-order valence-corrected chi connectivity index (χ2v) is 10.4. The minimum Gasteiger partial charge on any atom is -0.394 e. The van der Waals surface area contributed by atoms with Gasteiger partial charge in [-0.05, 0) is 24.3 Å². The number of piperazine rings is 1. The Kier molecular flexibility index (Phi) is 10.5. The van der Waals surface area contributed by atoms with Crippen molar-refractivity contribution in [3.8, 4) is 0 Å². The molecule has 2 aliphatic rings. The molecule has 0 spiro atoms. The number of rotatable bonds is 8. The normalized spacial score (nSPS) is 18.2. The number of anilines is 2. The molecular weight excluding hydrogens is 589 g/mol. The molecule has 15 heteroatoms. The molecule has 4 rings (SSSR count). The summed E-state index contributed by atoms with van der Waals surface area (Å²) in [6, 6.07) is 6.39. The molecule has 3 N–H and O–H groups in total. The van der Waals surface area contributed by atoms with Gasteiger partial charge in [0.1, 0.15) is 0 Å². The molecule has 230 valence electrons. The van der Waals surface area contributed by atoms with Crippen molar-refractivity contribution in [2.75, 3.05) is 69.2 Å². The van der Waals surface area contributed by atoms with Crippen LogP contribution in [0.15, 0.2) is 30.3 Å². The van der Waals surface area contributed by atoms with E-state index in [1.165, 1.54) is 23.1 Å². The number of urea groups is 1. The van der Waals surface area contributed by atoms with Gasteiger partial charge in [-0.25, -0.2) is 13.6 Å². The van der Waals surface area contributed by atoms with Crippen molar-refractivity contribution in [2.24, 2.45) is 0 Å². The Morgan fingerprint density at radius 2 is 1.79 bits per heavy atom. The Morgan fingerprint density at radius 1 is 1.05 bits per heavy atom. The van der Waals surface area contributed by atoms with Crippen molar-refractivity contribution < 1.29 is 41.4 Å². The largest absolute Gasteiger partial charge is 0.394 e. The third-order valence-corrected chi connectivity index (χ3v) is 7.33. The van der Waals surface area contributed by atoms with E-state index in [1.807, 2.05) is 4.90 Å². The van der Waals surface area contributed by atoms with Crippen LogP contribution in [0.1, 0.15) is 22.3 Å². The third-order valence-electron chi connectivity index (χ3n) is 7.10. The summed E-state index contributed by atoms with van der Waals surface area (Å²) in [6.07, 6.45) is -5.67. The van der Waals surface area contributed by atoms with Gasteiger partial charge >= 0.3 is 12.2 Å². The molecule has 3 amide bonds. The standard InChI is InChI=1S/C27H31ClF5N5O4/c28-18-2-4-21(22(13-18)37-9-7-36(8-10-37)6-5-27(31,32)33)35-25(40)20-3-1-17(23(29)24(20)30)14-34-26(41)38-11-12-42-19(15-38)16-39/h1-4,13,19,39H,5-12,14-16H2,(H,34,41)(H,35,40)/t19-/m1/s1. The van der Waals surface area contributed by atoms with Gasteiger partial charge in [-0.3, -0.25) is 9.69 Å². The summed E-state index contributed by atoms with van der Waals surface area (Å²) in [6.45, 7) is 1.43. The fourth-order valence-corrected chi connectivity index (χ4v) is 4.92. The minimum atomic E-state index is -4.24. The summed E-state index contributed by atoms with van der Waals surface area (Å²) >= 11 is 6.16. The van der Waals surface area contributed by atoms with Crippen LogP contribution < -0.4 is 15.5 Å². The lowest BCUT2D eigenvalue weighted by molar-refractivity contribution is -0.138. The molecule has 2 aromatic carbocycles. The Labute approximate surface area is 244 Å². The second-order valence-electron chi connectivity index (χ2n) is 9.99. The smallest absolute Gasteiger partial charge is 0.390 e. The van der Waals surface area contributed by atoms with Crippen LogP contribution >= 0.6 is 11.6 Å². The molecule has 1 atom stereocenters. The minimum absolute atomic E-state index is 0.113. The number of hydrogen-bond donors (Lipinski definition) is 3. The van der Waals surface area contributed by atoms with Crippen molar-refractivity contribution in [3.63, 3.8) is 0 Å². The lowest BCUT2D eigenvalue weighted by Crippen LogP contribution is -2.50. The number of carbonyl (C=O) groups is 2. The van der Waals surface area contributed by atoms with Gasteiger partial charge in [0.25, 0.3) is 5.91 Å². The first-order valence-corrected chi connectivity index (χ1v) is 13.7. The van der Waals surface area contributed by atoms with E-state index in [0.717, 1.165) is 6.07 Å². The number of nitrogens with zero attached hydrogens (tertiary/aromatic N) is 3. The zero-order valence-corrected chi connectivity index (χ0v) is 23.3. The highest BCUT2D eigenvalue weighted by atomic mass is 35.5. The SMILES string of the molecule is O=C(Nc1ccc(Cl)cc1N1CCN(CCC(F)(F)F)CC1)c1ccc(CNC(=O)N2CCO[C@@H](CO)C2)c(F)c1F. The monoisotopic (exact) mass is 619 g/mol. The Morgan fingerprint density at radius 3 is 2.48 bits per heavy atom. The molecule has 9 nitrogen and oxygen atoms in total. The lowest BCUT2D eigenvalue weighted by Gasteiger charge is -2.37. The maximum absolute atomic E-state index is 15.0. The summed E-state index contributed by atoms with van der Waals surface area (Å²) < 4.78 is 72.9. The average Bonchev–Trinajstić information content (AvgIpc) is 2.97. The average molecular weight is 620 g/mol. The first kappa shape index (κ1) is 31.7. The van der Waals surface area contributed by atoms with Gasteiger partial charge in [0.15, 0.2) is 11.6 Å². The van der Waals surface area contributed by atoms with Crippen molar-refractivity contribution in [1.82, 2.24) is 15.1 Å². The number of amides is 3. The van der Waals surface area contributed by atoms with Crippen LogP contribution in [0.2, 0.25) is 5.02 Å². The lowest BCUT2D eigenvalue weighted by atomic mass is 10.1. The van der Waals surface area contributed by atoms with E-state index in [1.54, 1.807) is 11.0 Å². The summed E-state index contributed by atoms with van der Waals surface area (Å²) in [5.41, 5.74) is 0.0495. The van der Waals surface area contributed by atoms with Gasteiger partial charge in [0, 0.05) is 56.4 Å². The molecule has 0 radical (unpaired) electrons. The number of aliphatic hydroxyl groups excluding tert-OH is 1. The molecule has 2 fully saturated rings. The molecule has 2 aromatic rings. The second kappa shape index (κ2) is 13.8. The molecule has 2 aliphatic heterocycles. The van der Waals surface area contributed by atoms with Gasteiger partial charge in [-0.1, -0.05) is 17.7 Å². The first-order valence-electron chi connectivity index (χ1n) is 13.3. The van der Waals surface area contributed by atoms with Crippen LogP contribution in [0.3, 0.4) is 0 Å². The maximum atomic E-state index is 15.0. The molecule has 2 saturated heterocycles. The number of halogens is 6. The van der Waals surface area contributed by atoms with Crippen molar-refractivity contribution in [1.29, 1.82) is 0 Å². The van der Waals surface area contributed by atoms with Crippen LogP contribution in [-0.2, 0) is 11.3 Å². The van der Waals surface area contributed by atoms with Crippen molar-refractivity contribution in [3.05, 3.63) is 58.1 Å². The van der Waals surface area contributed by atoms with E-state index in [9.17, 15) is 36.6 Å². The van der Waals surface area contributed by atoms with E-state index >= 15 is 0 Å². The van der Waals surface area contributed by atoms with Crippen LogP contribution in [0.25, 0.3) is 0 Å². The number of morpholine rings is 1. The topological polar surface area (TPSA) is 97.4 Å². The van der Waals surface area contributed by atoms with Crippen LogP contribution in [0, 0.1) is 11.6 Å². The molecule has 42 heavy (non-hydrogen) atoms. The van der Waals surface area contributed by atoms with Gasteiger partial charge in [0.2, 0.25) is 0 Å². The highest BCUT2D eigenvalue weighted by molar-refractivity contribution is 6.31. The van der Waals surface area contributed by atoms with E-state index in [0.29, 0.717) is 36.9 Å². The van der Waals surface area contributed by atoms with Gasteiger partial charge in [-0.15, -0.1) is 0 Å². The molecule has 0 aliphatic carbocycles. The number of aliphatic hydroxyl groups is 1. The zero-order chi connectivity index (χ0) is 30.4. The fourth-order valence-electron chi connectivity index (χ4n) is 4.76. The number of ether oxygens (including phenoxy) is 1. The van der Waals surface area contributed by atoms with Crippen LogP contribution in [0.5, 0.6) is 0 Å². The van der Waals surface area contributed by atoms with E-state index in [2.05, 4.69) is 10.6 Å². The molecule has 0 unspecified atom stereocenters. The first-order chi connectivity index (χ1) is 19.9. The third kappa shape index (κ3) is 8.21. The highest BCUT2D eigenvalue weighted by Gasteiger charge is 2.29. The van der Waals surface area contributed by atoms with Gasteiger partial charge in [-0.2, -0.15) is 13.2 Å². The number of benzene rings is 2. The predicted molar refractivity (Wildman–Crippen MR) is 146 cm³/mol. The Hall–Kier alpha value is -3.20. The fraction of sp³-hybridized carbons (Fsp3) is 0.481. The molecule has 0 bridgehead atoms. The summed E-state index contributed by atoms with van der Waals surface area (Å²) in [7, 11) is 0. The molecule has 0 aromatic heterocycles. The van der Waals surface area contributed by atoms with Crippen molar-refractivity contribution >= 4 is 34.9 Å². The summed E-state index contributed by atoms with van der Waals surface area (Å²) in [5.74, 6) is -3.60. The van der Waals surface area contributed by atoms with Gasteiger partial charge < -0.3 is 30.3 Å². The molecule has 0 saturated carbocycles. The summed E-state index contributed by atoms with van der Waals surface area (Å²) in [5, 5.41) is 14.7. The summed E-state index contributed by atoms with van der Waals surface area (Å²) in [4.78, 5) is 30.4. The van der Waals surface area contributed by atoms with E-state index in [4.69, 9.17) is 16.3 Å². The van der Waals surface area contributed by atoms with Crippen LogP contribution in [0.4, 0.5) is 38.1 Å². The molecule has 2 heterocycles. The molecular formula is C27H31ClF5N5O4. The van der Waals surface area contributed by atoms with E-state index < -0.39 is 47.8 Å². The maximum Gasteiger partial charge on any atom is 0.390 e. The Balaban J connectivity index is 1.39. The Bertz CT molecular complexity index is 1280. The quantitative estimate of drug-likeness (QED) is 0.389. The zero-order valence-electron chi connectivity index (χ0n) is 22.5. The highest BCUT2D eigenvalue weighted by Crippen LogP contribution is 2.31. The predicted octanol–water partition coefficient (Wildman–Crippen LogP) is 3.85. The van der Waals surface area contributed by atoms with Gasteiger partial charge in [0.05, 0.1) is 49.2 Å². The van der Waals surface area contributed by atoms with E-state index in [-0.39, 0.29) is 50.6 Å². The van der Waals surface area contributed by atoms with Crippen molar-refractivity contribution in [2.45, 2.75) is 25.2 Å². The number of nitrogens with one attached hydrogen (secondary N) is 2.